The summed E-state index contributed by atoms with van der Waals surface area (Å²) in [6.07, 6.45) is 0. The topological polar surface area (TPSA) is 130 Å². The predicted octanol–water partition coefficient (Wildman–Crippen LogP) is 2.94. The first-order valence-electron chi connectivity index (χ1n) is 7.58. The van der Waals surface area contributed by atoms with Gasteiger partial charge < -0.3 is 16.2 Å². The molecule has 0 radical (unpaired) electrons. The highest BCUT2D eigenvalue weighted by atomic mass is 32.2. The Kier molecular flexibility index (Phi) is 4.31. The zero-order chi connectivity index (χ0) is 19.1. The third-order valence-electron chi connectivity index (χ3n) is 3.96. The Morgan fingerprint density at radius 3 is 2.50 bits per heavy atom. The molecule has 0 atom stereocenters. The number of hydrogen-bond acceptors (Lipinski definition) is 5. The van der Waals surface area contributed by atoms with Crippen LogP contribution in [0.1, 0.15) is 15.9 Å². The van der Waals surface area contributed by atoms with Gasteiger partial charge >= 0.3 is 0 Å². The fraction of sp³-hybridized carbons (Fsp3) is 0.0556. The molecule has 0 unspecified atom stereocenters. The first-order valence-corrected chi connectivity index (χ1v) is 9.02. The molecule has 0 aliphatic carbocycles. The van der Waals surface area contributed by atoms with Gasteiger partial charge in [0.1, 0.15) is 10.6 Å². The first kappa shape index (κ1) is 17.7. The summed E-state index contributed by atoms with van der Waals surface area (Å²) in [6.45, 7) is 1.84. The van der Waals surface area contributed by atoms with E-state index in [0.717, 1.165) is 5.56 Å². The molecule has 0 saturated carbocycles. The van der Waals surface area contributed by atoms with Crippen LogP contribution in [0.5, 0.6) is 5.75 Å². The molecule has 26 heavy (non-hydrogen) atoms. The number of anilines is 2. The van der Waals surface area contributed by atoms with Crippen LogP contribution in [0, 0.1) is 6.92 Å². The fourth-order valence-electron chi connectivity index (χ4n) is 2.76. The monoisotopic (exact) mass is 372 g/mol. The molecule has 0 aliphatic rings. The van der Waals surface area contributed by atoms with Crippen molar-refractivity contribution in [3.63, 3.8) is 0 Å². The summed E-state index contributed by atoms with van der Waals surface area (Å²) in [6, 6.07) is 11.7. The molecule has 134 valence electrons. The molecule has 0 heterocycles. The van der Waals surface area contributed by atoms with Crippen LogP contribution in [0.25, 0.3) is 10.8 Å². The Labute approximate surface area is 149 Å². The lowest BCUT2D eigenvalue weighted by Crippen LogP contribution is -2.15. The van der Waals surface area contributed by atoms with E-state index in [1.165, 1.54) is 30.3 Å². The van der Waals surface area contributed by atoms with Gasteiger partial charge in [-0.05, 0) is 42.8 Å². The number of hydrogen-bond donors (Lipinski definition) is 4. The second-order valence-electron chi connectivity index (χ2n) is 5.83. The maximum Gasteiger partial charge on any atom is 0.295 e. The van der Waals surface area contributed by atoms with E-state index in [1.54, 1.807) is 18.2 Å². The van der Waals surface area contributed by atoms with Crippen molar-refractivity contribution in [2.75, 3.05) is 11.1 Å². The Hall–Kier alpha value is -3.10. The van der Waals surface area contributed by atoms with Crippen LogP contribution in [0.3, 0.4) is 0 Å². The molecule has 0 fully saturated rings. The largest absolute Gasteiger partial charge is 0.507 e. The maximum absolute atomic E-state index is 12.6. The second-order valence-corrected chi connectivity index (χ2v) is 7.22. The number of nitrogens with one attached hydrogen (secondary N) is 1. The molecule has 0 spiro atoms. The maximum atomic E-state index is 12.6. The smallest absolute Gasteiger partial charge is 0.295 e. The first-order chi connectivity index (χ1) is 12.2. The number of rotatable bonds is 3. The van der Waals surface area contributed by atoms with Gasteiger partial charge in [-0.25, -0.2) is 0 Å². The normalized spacial score (nSPS) is 11.5. The van der Waals surface area contributed by atoms with Crippen LogP contribution in [0.2, 0.25) is 0 Å². The van der Waals surface area contributed by atoms with Gasteiger partial charge in [0, 0.05) is 16.5 Å². The van der Waals surface area contributed by atoms with Gasteiger partial charge in [-0.2, -0.15) is 8.42 Å². The van der Waals surface area contributed by atoms with Crippen molar-refractivity contribution in [1.82, 2.24) is 0 Å². The molecule has 8 heteroatoms. The van der Waals surface area contributed by atoms with Gasteiger partial charge in [0.05, 0.1) is 11.3 Å². The molecule has 0 bridgehead atoms. The van der Waals surface area contributed by atoms with Gasteiger partial charge in [-0.15, -0.1) is 0 Å². The number of phenols is 1. The SMILES string of the molecule is Cc1ccc(C(=O)Nc2ccc(O)c3cccc(S(=O)(=O)O)c23)c(N)c1. The third-order valence-corrected chi connectivity index (χ3v) is 4.85. The molecule has 3 aromatic carbocycles. The van der Waals surface area contributed by atoms with Crippen molar-refractivity contribution in [2.24, 2.45) is 0 Å². The van der Waals surface area contributed by atoms with Crippen LogP contribution >= 0.6 is 0 Å². The number of aryl methyl sites for hydroxylation is 1. The number of fused-ring (bicyclic) bond motifs is 1. The highest BCUT2D eigenvalue weighted by molar-refractivity contribution is 7.86. The summed E-state index contributed by atoms with van der Waals surface area (Å²) in [7, 11) is -4.57. The summed E-state index contributed by atoms with van der Waals surface area (Å²) < 4.78 is 32.9. The van der Waals surface area contributed by atoms with Crippen LogP contribution in [-0.2, 0) is 10.1 Å². The molecular weight excluding hydrogens is 356 g/mol. The van der Waals surface area contributed by atoms with Gasteiger partial charge in [0.2, 0.25) is 0 Å². The molecule has 0 aliphatic heterocycles. The number of phenolic OH excluding ortho intramolecular Hbond substituents is 1. The molecule has 3 rings (SSSR count). The molecule has 3 aromatic rings. The summed E-state index contributed by atoms with van der Waals surface area (Å²) in [5.41, 5.74) is 7.39. The van der Waals surface area contributed by atoms with Crippen molar-refractivity contribution in [3.8, 4) is 5.75 Å². The van der Waals surface area contributed by atoms with E-state index >= 15 is 0 Å². The van der Waals surface area contributed by atoms with Crippen molar-refractivity contribution < 1.29 is 22.9 Å². The van der Waals surface area contributed by atoms with Crippen molar-refractivity contribution in [2.45, 2.75) is 11.8 Å². The van der Waals surface area contributed by atoms with Gasteiger partial charge in [-0.1, -0.05) is 18.2 Å². The van der Waals surface area contributed by atoms with E-state index in [-0.39, 0.29) is 33.5 Å². The second kappa shape index (κ2) is 6.32. The lowest BCUT2D eigenvalue weighted by Gasteiger charge is -2.13. The van der Waals surface area contributed by atoms with Crippen molar-refractivity contribution in [3.05, 3.63) is 59.7 Å². The lowest BCUT2D eigenvalue weighted by molar-refractivity contribution is 0.102. The molecule has 1 amide bonds. The number of carbonyl (C=O) groups is 1. The predicted molar refractivity (Wildman–Crippen MR) is 99.0 cm³/mol. The lowest BCUT2D eigenvalue weighted by atomic mass is 10.1. The van der Waals surface area contributed by atoms with E-state index in [0.29, 0.717) is 0 Å². The van der Waals surface area contributed by atoms with Gasteiger partial charge in [0.15, 0.2) is 0 Å². The average Bonchev–Trinajstić information content (AvgIpc) is 2.56. The Morgan fingerprint density at radius 1 is 1.12 bits per heavy atom. The summed E-state index contributed by atoms with van der Waals surface area (Å²) in [5, 5.41) is 12.8. The third kappa shape index (κ3) is 3.19. The Bertz CT molecular complexity index is 1140. The highest BCUT2D eigenvalue weighted by Crippen LogP contribution is 2.35. The number of nitrogens with two attached hydrogens (primary N) is 1. The zero-order valence-electron chi connectivity index (χ0n) is 13.7. The minimum absolute atomic E-state index is 0.00836. The number of carbonyl (C=O) groups excluding carboxylic acids is 1. The minimum Gasteiger partial charge on any atom is -0.507 e. The van der Waals surface area contributed by atoms with E-state index < -0.39 is 20.9 Å². The fourth-order valence-corrected chi connectivity index (χ4v) is 3.48. The molecule has 0 saturated heterocycles. The Morgan fingerprint density at radius 2 is 1.85 bits per heavy atom. The Balaban J connectivity index is 2.16. The van der Waals surface area contributed by atoms with Crippen LogP contribution < -0.4 is 11.1 Å². The summed E-state index contributed by atoms with van der Waals surface area (Å²) in [4.78, 5) is 12.2. The van der Waals surface area contributed by atoms with Gasteiger partial charge in [-0.3, -0.25) is 9.35 Å². The minimum atomic E-state index is -4.57. The van der Waals surface area contributed by atoms with Crippen LogP contribution in [0.15, 0.2) is 53.4 Å². The van der Waals surface area contributed by atoms with E-state index in [9.17, 15) is 22.9 Å². The molecule has 0 aromatic heterocycles. The number of aromatic hydroxyl groups is 1. The summed E-state index contributed by atoms with van der Waals surface area (Å²) >= 11 is 0. The quantitative estimate of drug-likeness (QED) is 0.318. The number of benzene rings is 3. The summed E-state index contributed by atoms with van der Waals surface area (Å²) in [5.74, 6) is -0.724. The van der Waals surface area contributed by atoms with E-state index in [4.69, 9.17) is 5.73 Å². The molecule has 7 nitrogen and oxygen atoms in total. The van der Waals surface area contributed by atoms with E-state index in [2.05, 4.69) is 5.32 Å². The van der Waals surface area contributed by atoms with Crippen LogP contribution in [-0.4, -0.2) is 24.0 Å². The molecule has 5 N–H and O–H groups in total. The van der Waals surface area contributed by atoms with Crippen molar-refractivity contribution in [1.29, 1.82) is 0 Å². The highest BCUT2D eigenvalue weighted by Gasteiger charge is 2.20. The average molecular weight is 372 g/mol. The van der Waals surface area contributed by atoms with Crippen molar-refractivity contribution >= 4 is 38.2 Å². The van der Waals surface area contributed by atoms with E-state index in [1.807, 2.05) is 6.92 Å². The number of amides is 1. The number of nitrogen functional groups attached to an aromatic ring is 1. The van der Waals surface area contributed by atoms with Gasteiger partial charge in [0.25, 0.3) is 16.0 Å². The standard InChI is InChI=1S/C18H16N2O5S/c1-10-5-6-11(13(19)9-10)18(22)20-14-7-8-15(21)12-3-2-4-16(17(12)14)26(23,24)25/h2-9,21H,19H2,1H3,(H,20,22)(H,23,24,25). The van der Waals surface area contributed by atoms with Crippen LogP contribution in [0.4, 0.5) is 11.4 Å². The molecular formula is C18H16N2O5S. The zero-order valence-corrected chi connectivity index (χ0v) is 14.5.